The van der Waals surface area contributed by atoms with Crippen LogP contribution in [-0.4, -0.2) is 37.6 Å². The number of hydrogen-bond donors (Lipinski definition) is 1. The van der Waals surface area contributed by atoms with E-state index in [0.717, 1.165) is 17.5 Å². The minimum Gasteiger partial charge on any atom is -0.326 e. The molecule has 0 bridgehead atoms. The van der Waals surface area contributed by atoms with Gasteiger partial charge in [-0.25, -0.2) is 17.8 Å². The van der Waals surface area contributed by atoms with Crippen LogP contribution in [0.15, 0.2) is 29.3 Å². The van der Waals surface area contributed by atoms with E-state index in [2.05, 4.69) is 15.8 Å². The van der Waals surface area contributed by atoms with Gasteiger partial charge in [0.15, 0.2) is 0 Å². The van der Waals surface area contributed by atoms with Crippen LogP contribution in [0.3, 0.4) is 0 Å². The summed E-state index contributed by atoms with van der Waals surface area (Å²) in [5.41, 5.74) is 2.21. The van der Waals surface area contributed by atoms with Gasteiger partial charge >= 0.3 is 0 Å². The Bertz CT molecular complexity index is 768. The number of allylic oxidation sites excluding steroid dienone is 1. The smallest absolute Gasteiger partial charge is 0.218 e. The zero-order chi connectivity index (χ0) is 16.1. The Labute approximate surface area is 129 Å². The summed E-state index contributed by atoms with van der Waals surface area (Å²) < 4.78 is 38.9. The van der Waals surface area contributed by atoms with Crippen molar-refractivity contribution in [3.05, 3.63) is 41.7 Å². The number of halogens is 1. The highest BCUT2D eigenvalue weighted by atomic mass is 32.2. The molecule has 3 rings (SSSR count). The van der Waals surface area contributed by atoms with Crippen LogP contribution in [0.25, 0.3) is 5.70 Å². The maximum absolute atomic E-state index is 13.1. The molecule has 1 aromatic carbocycles. The lowest BCUT2D eigenvalue weighted by molar-refractivity contribution is 0.478. The molecule has 1 unspecified atom stereocenters. The molecule has 0 aliphatic carbocycles. The Kier molecular flexibility index (Phi) is 3.37. The molecule has 1 fully saturated rings. The number of hydrogen-bond acceptors (Lipinski definition) is 4. The molecule has 1 radical (unpaired) electrons. The quantitative estimate of drug-likeness (QED) is 0.857. The lowest BCUT2D eigenvalue weighted by atomic mass is 10.0. The van der Waals surface area contributed by atoms with Gasteiger partial charge in [-0.15, -0.1) is 0 Å². The lowest BCUT2D eigenvalue weighted by Crippen LogP contribution is -2.41. The first kappa shape index (κ1) is 15.2. The van der Waals surface area contributed by atoms with Crippen LogP contribution in [0, 0.1) is 17.8 Å². The third kappa shape index (κ3) is 2.78. The zero-order valence-corrected chi connectivity index (χ0v) is 13.4. The summed E-state index contributed by atoms with van der Waals surface area (Å²) in [6.45, 7) is 4.39. The second-order valence-electron chi connectivity index (χ2n) is 5.91. The second kappa shape index (κ2) is 4.89. The monoisotopic (exact) mass is 322 g/mol. The molecule has 5 nitrogen and oxygen atoms in total. The molecule has 0 saturated carbocycles. The van der Waals surface area contributed by atoms with E-state index in [4.69, 9.17) is 0 Å². The van der Waals surface area contributed by atoms with E-state index in [1.54, 1.807) is 12.1 Å². The summed E-state index contributed by atoms with van der Waals surface area (Å²) in [6.07, 6.45) is 4.34. The van der Waals surface area contributed by atoms with Crippen LogP contribution in [0.2, 0.25) is 0 Å². The van der Waals surface area contributed by atoms with Crippen LogP contribution in [0.5, 0.6) is 0 Å². The van der Waals surface area contributed by atoms with Gasteiger partial charge in [0, 0.05) is 6.08 Å². The van der Waals surface area contributed by atoms with Crippen molar-refractivity contribution in [1.82, 2.24) is 9.62 Å². The number of nitrogens with one attached hydrogen (secondary N) is 1. The maximum Gasteiger partial charge on any atom is 0.218 e. The van der Waals surface area contributed by atoms with Crippen LogP contribution in [0.4, 0.5) is 4.39 Å². The van der Waals surface area contributed by atoms with E-state index >= 15 is 0 Å². The second-order valence-corrected chi connectivity index (χ2v) is 7.66. The molecule has 1 aromatic rings. The van der Waals surface area contributed by atoms with Gasteiger partial charge in [-0.3, -0.25) is 0 Å². The maximum atomic E-state index is 13.1. The Morgan fingerprint density at radius 2 is 2.00 bits per heavy atom. The van der Waals surface area contributed by atoms with Crippen LogP contribution in [-0.2, 0) is 10.0 Å². The molecular formula is C15H17FN3O2S. The van der Waals surface area contributed by atoms with Crippen molar-refractivity contribution in [3.8, 4) is 0 Å². The molecule has 0 aromatic heterocycles. The Hall–Kier alpha value is -1.73. The molecule has 22 heavy (non-hydrogen) atoms. The highest BCUT2D eigenvalue weighted by Gasteiger charge is 2.57. The van der Waals surface area contributed by atoms with Crippen molar-refractivity contribution in [1.29, 1.82) is 0 Å². The van der Waals surface area contributed by atoms with Crippen molar-refractivity contribution in [2.45, 2.75) is 19.6 Å². The number of rotatable bonds is 4. The van der Waals surface area contributed by atoms with E-state index in [0.29, 0.717) is 12.3 Å². The summed E-state index contributed by atoms with van der Waals surface area (Å²) >= 11 is 0. The summed E-state index contributed by atoms with van der Waals surface area (Å²) in [5.74, 6) is -1.16. The molecule has 0 spiro atoms. The Balaban J connectivity index is 2.02. The number of nitrogens with zero attached hydrogens (tertiary/aromatic N) is 2. The van der Waals surface area contributed by atoms with Crippen LogP contribution < -0.4 is 4.72 Å². The third-order valence-corrected chi connectivity index (χ3v) is 4.25. The van der Waals surface area contributed by atoms with Gasteiger partial charge in [0.2, 0.25) is 15.8 Å². The first-order valence-electron chi connectivity index (χ1n) is 6.96. The molecule has 1 saturated heterocycles. The molecule has 2 aliphatic heterocycles. The first-order chi connectivity index (χ1) is 10.2. The average Bonchev–Trinajstić information content (AvgIpc) is 3.09. The van der Waals surface area contributed by atoms with Gasteiger partial charge in [0.25, 0.3) is 0 Å². The Morgan fingerprint density at radius 3 is 2.55 bits per heavy atom. The Morgan fingerprint density at radius 1 is 1.36 bits per heavy atom. The van der Waals surface area contributed by atoms with E-state index in [1.807, 2.05) is 18.7 Å². The van der Waals surface area contributed by atoms with Crippen molar-refractivity contribution >= 4 is 21.4 Å². The molecular weight excluding hydrogens is 305 g/mol. The van der Waals surface area contributed by atoms with Gasteiger partial charge < -0.3 is 4.90 Å². The fourth-order valence-electron chi connectivity index (χ4n) is 2.48. The van der Waals surface area contributed by atoms with E-state index in [1.165, 1.54) is 12.1 Å². The number of aliphatic imine (C=N–C) groups is 1. The van der Waals surface area contributed by atoms with Crippen molar-refractivity contribution < 1.29 is 12.8 Å². The lowest BCUT2D eigenvalue weighted by Gasteiger charge is -2.24. The number of sulfonamides is 1. The topological polar surface area (TPSA) is 61.5 Å². The summed E-state index contributed by atoms with van der Waals surface area (Å²) in [7, 11) is -3.40. The van der Waals surface area contributed by atoms with E-state index in [-0.39, 0.29) is 11.7 Å². The van der Waals surface area contributed by atoms with Gasteiger partial charge in [-0.1, -0.05) is 13.8 Å². The third-order valence-electron chi connectivity index (χ3n) is 3.56. The van der Waals surface area contributed by atoms with Crippen molar-refractivity contribution in [2.75, 3.05) is 12.8 Å². The normalized spacial score (nSPS) is 24.0. The first-order valence-corrected chi connectivity index (χ1v) is 8.86. The predicted molar refractivity (Wildman–Crippen MR) is 82.7 cm³/mol. The molecule has 7 heteroatoms. The van der Waals surface area contributed by atoms with Crippen LogP contribution >= 0.6 is 0 Å². The SMILES string of the molecule is CC(C)C1=NC2(NS(C)(=O)=O)CN2C(c2ccc(F)cc2)=[C]1. The van der Waals surface area contributed by atoms with Gasteiger partial charge in [0.05, 0.1) is 24.2 Å². The molecule has 1 N–H and O–H groups in total. The summed E-state index contributed by atoms with van der Waals surface area (Å²) in [4.78, 5) is 6.32. The summed E-state index contributed by atoms with van der Waals surface area (Å²) in [5, 5.41) is 0. The molecule has 1 atom stereocenters. The van der Waals surface area contributed by atoms with E-state index < -0.39 is 15.8 Å². The van der Waals surface area contributed by atoms with Crippen LogP contribution in [0.1, 0.15) is 19.4 Å². The average molecular weight is 322 g/mol. The van der Waals surface area contributed by atoms with Gasteiger partial charge in [-0.2, -0.15) is 4.72 Å². The minimum atomic E-state index is -3.40. The van der Waals surface area contributed by atoms with Crippen molar-refractivity contribution in [3.63, 3.8) is 0 Å². The predicted octanol–water partition coefficient (Wildman–Crippen LogP) is 1.60. The molecule has 2 aliphatic rings. The summed E-state index contributed by atoms with van der Waals surface area (Å²) in [6, 6.07) is 6.06. The zero-order valence-electron chi connectivity index (χ0n) is 12.6. The van der Waals surface area contributed by atoms with Gasteiger partial charge in [0.1, 0.15) is 5.82 Å². The fourth-order valence-corrected chi connectivity index (χ4v) is 3.29. The standard InChI is InChI=1S/C15H17FN3O2S/c1-10(2)13-8-14(11-4-6-12(16)7-5-11)19-9-15(19,17-13)18-22(3,20)21/h4-7,10,18H,9H2,1-3H3. The van der Waals surface area contributed by atoms with Gasteiger partial charge in [-0.05, 0) is 35.7 Å². The molecule has 0 amide bonds. The fraction of sp³-hybridized carbons (Fsp3) is 0.400. The van der Waals surface area contributed by atoms with Crippen molar-refractivity contribution in [2.24, 2.45) is 10.9 Å². The largest absolute Gasteiger partial charge is 0.326 e. The van der Waals surface area contributed by atoms with E-state index in [9.17, 15) is 12.8 Å². The molecule has 117 valence electrons. The number of benzene rings is 1. The number of fused-ring (bicyclic) bond motifs is 1. The highest BCUT2D eigenvalue weighted by Crippen LogP contribution is 2.43. The minimum absolute atomic E-state index is 0.108. The molecule has 2 heterocycles. The highest BCUT2D eigenvalue weighted by molar-refractivity contribution is 7.88.